The number of hydrogen-bond donors (Lipinski definition) is 1. The number of H-pyrrole nitrogens is 1. The first kappa shape index (κ1) is 22.6. The van der Waals surface area contributed by atoms with Gasteiger partial charge in [-0.2, -0.15) is 5.10 Å². The number of carbonyl (C=O) groups is 2. The highest BCUT2D eigenvalue weighted by Gasteiger charge is 2.29. The number of aromatic amines is 1. The van der Waals surface area contributed by atoms with Gasteiger partial charge in [-0.1, -0.05) is 30.3 Å². The molecule has 0 radical (unpaired) electrons. The van der Waals surface area contributed by atoms with Crippen molar-refractivity contribution in [2.75, 3.05) is 13.1 Å². The van der Waals surface area contributed by atoms with E-state index < -0.39 is 11.6 Å². The number of likely N-dealkylation sites (tertiary alicyclic amines) is 1. The summed E-state index contributed by atoms with van der Waals surface area (Å²) in [4.78, 5) is 41.8. The molecule has 0 unspecified atom stereocenters. The fourth-order valence-electron chi connectivity index (χ4n) is 3.94. The Morgan fingerprint density at radius 3 is 2.52 bits per heavy atom. The van der Waals surface area contributed by atoms with Crippen LogP contribution in [0.3, 0.4) is 0 Å². The predicted octanol–water partition coefficient (Wildman–Crippen LogP) is 3.49. The lowest BCUT2D eigenvalue weighted by atomic mass is 9.93. The Labute approximate surface area is 191 Å². The van der Waals surface area contributed by atoms with E-state index in [0.717, 1.165) is 5.56 Å². The summed E-state index contributed by atoms with van der Waals surface area (Å²) in [5.41, 5.74) is 1.23. The summed E-state index contributed by atoms with van der Waals surface area (Å²) < 4.78 is 12.5. The SMILES string of the molecule is CC(C)(C)OC(=O)N1CCC(c2cc(=O)[nH]c3c(C(=O)OCc4ccccc4)cnn23)CC1. The fourth-order valence-corrected chi connectivity index (χ4v) is 3.94. The van der Waals surface area contributed by atoms with Gasteiger partial charge in [0.25, 0.3) is 5.56 Å². The number of nitrogens with one attached hydrogen (secondary N) is 1. The number of hydrogen-bond acceptors (Lipinski definition) is 6. The average Bonchev–Trinajstić information content (AvgIpc) is 3.20. The van der Waals surface area contributed by atoms with Crippen molar-refractivity contribution in [2.45, 2.75) is 51.7 Å². The topological polar surface area (TPSA) is 106 Å². The summed E-state index contributed by atoms with van der Waals surface area (Å²) in [6.07, 6.45) is 2.40. The molecule has 1 aromatic carbocycles. The zero-order chi connectivity index (χ0) is 23.6. The Morgan fingerprint density at radius 1 is 1.15 bits per heavy atom. The predicted molar refractivity (Wildman–Crippen MR) is 121 cm³/mol. The smallest absolute Gasteiger partial charge is 0.410 e. The highest BCUT2D eigenvalue weighted by Crippen LogP contribution is 2.28. The molecule has 1 aliphatic heterocycles. The third kappa shape index (κ3) is 5.24. The van der Waals surface area contributed by atoms with Gasteiger partial charge in [-0.05, 0) is 39.2 Å². The third-order valence-corrected chi connectivity index (χ3v) is 5.53. The quantitative estimate of drug-likeness (QED) is 0.608. The maximum Gasteiger partial charge on any atom is 0.410 e. The number of fused-ring (bicyclic) bond motifs is 1. The van der Waals surface area contributed by atoms with Gasteiger partial charge in [0, 0.05) is 25.1 Å². The number of piperidine rings is 1. The minimum Gasteiger partial charge on any atom is -0.457 e. The van der Waals surface area contributed by atoms with Gasteiger partial charge in [-0.25, -0.2) is 14.1 Å². The Balaban J connectivity index is 1.49. The van der Waals surface area contributed by atoms with Crippen LogP contribution in [-0.2, 0) is 16.1 Å². The molecule has 0 bridgehead atoms. The molecule has 2 aromatic heterocycles. The maximum atomic E-state index is 12.7. The van der Waals surface area contributed by atoms with Gasteiger partial charge in [-0.3, -0.25) is 4.79 Å². The first-order valence-electron chi connectivity index (χ1n) is 11.0. The van der Waals surface area contributed by atoms with Crippen molar-refractivity contribution in [2.24, 2.45) is 0 Å². The van der Waals surface area contributed by atoms with Crippen molar-refractivity contribution >= 4 is 17.7 Å². The van der Waals surface area contributed by atoms with Crippen LogP contribution in [0.1, 0.15) is 61.1 Å². The van der Waals surface area contributed by atoms with Crippen molar-refractivity contribution in [3.63, 3.8) is 0 Å². The van der Waals surface area contributed by atoms with Crippen LogP contribution in [0.5, 0.6) is 0 Å². The second-order valence-electron chi connectivity index (χ2n) is 9.18. The standard InChI is InChI=1S/C24H28N4O5/c1-24(2,3)33-23(31)27-11-9-17(10-12-27)19-13-20(29)26-21-18(14-25-28(19)21)22(30)32-15-16-7-5-4-6-8-16/h4-8,13-14,17H,9-12,15H2,1-3H3,(H,26,29). The Hall–Kier alpha value is -3.62. The number of rotatable bonds is 4. The van der Waals surface area contributed by atoms with E-state index in [1.165, 1.54) is 12.3 Å². The maximum absolute atomic E-state index is 12.7. The van der Waals surface area contributed by atoms with Gasteiger partial charge >= 0.3 is 12.1 Å². The highest BCUT2D eigenvalue weighted by molar-refractivity contribution is 5.95. The zero-order valence-corrected chi connectivity index (χ0v) is 19.0. The molecule has 9 heteroatoms. The summed E-state index contributed by atoms with van der Waals surface area (Å²) >= 11 is 0. The van der Waals surface area contributed by atoms with E-state index >= 15 is 0 Å². The van der Waals surface area contributed by atoms with Crippen molar-refractivity contribution in [1.29, 1.82) is 0 Å². The van der Waals surface area contributed by atoms with Crippen LogP contribution in [0, 0.1) is 0 Å². The van der Waals surface area contributed by atoms with Gasteiger partial charge in [0.2, 0.25) is 0 Å². The van der Waals surface area contributed by atoms with Gasteiger partial charge in [0.15, 0.2) is 5.65 Å². The number of carbonyl (C=O) groups excluding carboxylic acids is 2. The summed E-state index contributed by atoms with van der Waals surface area (Å²) in [5, 5.41) is 4.35. The summed E-state index contributed by atoms with van der Waals surface area (Å²) in [7, 11) is 0. The molecule has 0 aliphatic carbocycles. The minimum absolute atomic E-state index is 0.0153. The molecule has 33 heavy (non-hydrogen) atoms. The molecular weight excluding hydrogens is 424 g/mol. The van der Waals surface area contributed by atoms with Crippen molar-refractivity contribution in [3.05, 3.63) is 69.8 Å². The normalized spacial score (nSPS) is 14.9. The lowest BCUT2D eigenvalue weighted by Crippen LogP contribution is -2.41. The van der Waals surface area contributed by atoms with E-state index in [1.54, 1.807) is 9.42 Å². The van der Waals surface area contributed by atoms with E-state index in [9.17, 15) is 14.4 Å². The number of benzene rings is 1. The molecule has 1 saturated heterocycles. The molecule has 0 atom stereocenters. The molecule has 1 fully saturated rings. The van der Waals surface area contributed by atoms with Crippen LogP contribution < -0.4 is 5.56 Å². The average molecular weight is 453 g/mol. The van der Waals surface area contributed by atoms with Gasteiger partial charge in [0.1, 0.15) is 17.8 Å². The lowest BCUT2D eigenvalue weighted by molar-refractivity contribution is 0.0203. The number of amides is 1. The molecule has 174 valence electrons. The van der Waals surface area contributed by atoms with Crippen LogP contribution >= 0.6 is 0 Å². The van der Waals surface area contributed by atoms with Crippen molar-refractivity contribution in [3.8, 4) is 0 Å². The second-order valence-corrected chi connectivity index (χ2v) is 9.18. The Bertz CT molecular complexity index is 1200. The first-order valence-corrected chi connectivity index (χ1v) is 11.0. The number of aromatic nitrogens is 3. The highest BCUT2D eigenvalue weighted by atomic mass is 16.6. The number of esters is 1. The molecule has 0 spiro atoms. The van der Waals surface area contributed by atoms with Crippen LogP contribution in [0.2, 0.25) is 0 Å². The first-order chi connectivity index (χ1) is 15.7. The van der Waals surface area contributed by atoms with Crippen LogP contribution in [-0.4, -0.2) is 50.3 Å². The van der Waals surface area contributed by atoms with E-state index in [1.807, 2.05) is 51.1 Å². The van der Waals surface area contributed by atoms with E-state index in [4.69, 9.17) is 9.47 Å². The van der Waals surface area contributed by atoms with Gasteiger partial charge in [0.05, 0.1) is 11.9 Å². The fraction of sp³-hybridized carbons (Fsp3) is 0.417. The van der Waals surface area contributed by atoms with Gasteiger partial charge < -0.3 is 19.4 Å². The molecule has 0 saturated carbocycles. The number of ether oxygens (including phenoxy) is 2. The number of nitrogens with zero attached hydrogens (tertiary/aromatic N) is 3. The molecule has 1 aliphatic rings. The monoisotopic (exact) mass is 452 g/mol. The molecule has 9 nitrogen and oxygen atoms in total. The second kappa shape index (κ2) is 9.09. The summed E-state index contributed by atoms with van der Waals surface area (Å²) in [6.45, 7) is 6.67. The van der Waals surface area contributed by atoms with E-state index in [-0.39, 0.29) is 29.7 Å². The Kier molecular flexibility index (Phi) is 6.22. The summed E-state index contributed by atoms with van der Waals surface area (Å²) in [5.74, 6) is -0.539. The lowest BCUT2D eigenvalue weighted by Gasteiger charge is -2.33. The Morgan fingerprint density at radius 2 is 1.85 bits per heavy atom. The van der Waals surface area contributed by atoms with Crippen molar-refractivity contribution in [1.82, 2.24) is 19.5 Å². The van der Waals surface area contributed by atoms with E-state index in [0.29, 0.717) is 37.3 Å². The molecule has 3 aromatic rings. The van der Waals surface area contributed by atoms with Crippen LogP contribution in [0.4, 0.5) is 4.79 Å². The van der Waals surface area contributed by atoms with Gasteiger partial charge in [-0.15, -0.1) is 0 Å². The van der Waals surface area contributed by atoms with E-state index in [2.05, 4.69) is 10.1 Å². The molecule has 1 amide bonds. The third-order valence-electron chi connectivity index (χ3n) is 5.53. The largest absolute Gasteiger partial charge is 0.457 e. The molecule has 4 rings (SSSR count). The molecule has 3 heterocycles. The summed E-state index contributed by atoms with van der Waals surface area (Å²) in [6, 6.07) is 10.9. The molecular formula is C24H28N4O5. The molecule has 1 N–H and O–H groups in total. The van der Waals surface area contributed by atoms with Crippen LogP contribution in [0.15, 0.2) is 47.4 Å². The van der Waals surface area contributed by atoms with Crippen LogP contribution in [0.25, 0.3) is 5.65 Å². The zero-order valence-electron chi connectivity index (χ0n) is 19.0. The minimum atomic E-state index is -0.554. The van der Waals surface area contributed by atoms with Crippen molar-refractivity contribution < 1.29 is 19.1 Å².